The van der Waals surface area contributed by atoms with Crippen LogP contribution in [0.2, 0.25) is 0 Å². The molecule has 3 aromatic carbocycles. The standard InChI is InChI=1S/C25H21F6N/c26-24(27,28)21-10-18(11-22(14-21)25(29,30)31)15-32-16-20-9-5-4-8-19(20)13-23(32)12-17-6-2-1-3-7-17/h1-11,14,23H,12-13,15-16H2. The smallest absolute Gasteiger partial charge is 0.291 e. The summed E-state index contributed by atoms with van der Waals surface area (Å²) in [7, 11) is 0. The zero-order chi connectivity index (χ0) is 22.9. The molecule has 0 amide bonds. The summed E-state index contributed by atoms with van der Waals surface area (Å²) in [5.41, 5.74) is 0.717. The van der Waals surface area contributed by atoms with Crippen molar-refractivity contribution in [2.75, 3.05) is 0 Å². The lowest BCUT2D eigenvalue weighted by Crippen LogP contribution is -2.41. The number of fused-ring (bicyclic) bond motifs is 1. The number of rotatable bonds is 4. The molecule has 168 valence electrons. The van der Waals surface area contributed by atoms with Crippen LogP contribution < -0.4 is 0 Å². The van der Waals surface area contributed by atoms with Gasteiger partial charge < -0.3 is 0 Å². The topological polar surface area (TPSA) is 3.24 Å². The number of halogens is 6. The Bertz CT molecular complexity index is 1040. The maximum absolute atomic E-state index is 13.3. The highest BCUT2D eigenvalue weighted by molar-refractivity contribution is 5.35. The van der Waals surface area contributed by atoms with Crippen LogP contribution in [0, 0.1) is 0 Å². The van der Waals surface area contributed by atoms with E-state index in [-0.39, 0.29) is 24.2 Å². The minimum absolute atomic E-state index is 0.00116. The number of benzene rings is 3. The summed E-state index contributed by atoms with van der Waals surface area (Å²) in [5, 5.41) is 0. The van der Waals surface area contributed by atoms with E-state index in [1.165, 1.54) is 0 Å². The Morgan fingerprint density at radius 1 is 0.688 bits per heavy atom. The molecule has 0 bridgehead atoms. The Balaban J connectivity index is 1.68. The van der Waals surface area contributed by atoms with Gasteiger partial charge in [0.05, 0.1) is 11.1 Å². The van der Waals surface area contributed by atoms with Crippen molar-refractivity contribution in [2.24, 2.45) is 0 Å². The monoisotopic (exact) mass is 449 g/mol. The van der Waals surface area contributed by atoms with E-state index >= 15 is 0 Å². The first-order valence-electron chi connectivity index (χ1n) is 10.2. The van der Waals surface area contributed by atoms with Gasteiger partial charge in [-0.15, -0.1) is 0 Å². The van der Waals surface area contributed by atoms with Gasteiger partial charge in [-0.3, -0.25) is 4.90 Å². The van der Waals surface area contributed by atoms with Crippen molar-refractivity contribution < 1.29 is 26.3 Å². The lowest BCUT2D eigenvalue weighted by molar-refractivity contribution is -0.143. The SMILES string of the molecule is FC(F)(F)c1cc(CN2Cc3ccccc3CC2Cc2ccccc2)cc(C(F)(F)F)c1. The molecule has 1 aliphatic heterocycles. The van der Waals surface area contributed by atoms with Crippen LogP contribution in [-0.4, -0.2) is 10.9 Å². The van der Waals surface area contributed by atoms with Crippen LogP contribution in [0.15, 0.2) is 72.8 Å². The van der Waals surface area contributed by atoms with E-state index in [1.807, 2.05) is 59.5 Å². The quantitative estimate of drug-likeness (QED) is 0.392. The second kappa shape index (κ2) is 8.62. The van der Waals surface area contributed by atoms with Crippen molar-refractivity contribution in [2.45, 2.75) is 44.3 Å². The fourth-order valence-electron chi connectivity index (χ4n) is 4.26. The summed E-state index contributed by atoms with van der Waals surface area (Å²) in [4.78, 5) is 1.98. The first-order valence-corrected chi connectivity index (χ1v) is 10.2. The van der Waals surface area contributed by atoms with Gasteiger partial charge in [-0.25, -0.2) is 0 Å². The van der Waals surface area contributed by atoms with Crippen LogP contribution in [0.1, 0.15) is 33.4 Å². The van der Waals surface area contributed by atoms with Gasteiger partial charge in [0.1, 0.15) is 0 Å². The van der Waals surface area contributed by atoms with Crippen molar-refractivity contribution in [3.05, 3.63) is 106 Å². The second-order valence-electron chi connectivity index (χ2n) is 8.14. The number of hydrogen-bond donors (Lipinski definition) is 0. The lowest BCUT2D eigenvalue weighted by Gasteiger charge is -2.37. The molecule has 0 aromatic heterocycles. The van der Waals surface area contributed by atoms with Gasteiger partial charge >= 0.3 is 12.4 Å². The van der Waals surface area contributed by atoms with Crippen LogP contribution in [0.3, 0.4) is 0 Å². The highest BCUT2D eigenvalue weighted by Crippen LogP contribution is 2.37. The Morgan fingerprint density at radius 3 is 1.84 bits per heavy atom. The highest BCUT2D eigenvalue weighted by atomic mass is 19.4. The fourth-order valence-corrected chi connectivity index (χ4v) is 4.26. The van der Waals surface area contributed by atoms with E-state index in [0.717, 1.165) is 28.8 Å². The molecule has 1 heterocycles. The molecule has 0 fully saturated rings. The van der Waals surface area contributed by atoms with E-state index in [0.29, 0.717) is 19.4 Å². The van der Waals surface area contributed by atoms with Gasteiger partial charge in [0, 0.05) is 19.1 Å². The average Bonchev–Trinajstić information content (AvgIpc) is 2.73. The molecule has 1 nitrogen and oxygen atoms in total. The van der Waals surface area contributed by atoms with Gasteiger partial charge in [-0.2, -0.15) is 26.3 Å². The molecule has 1 atom stereocenters. The average molecular weight is 449 g/mol. The van der Waals surface area contributed by atoms with Gasteiger partial charge in [0.2, 0.25) is 0 Å². The van der Waals surface area contributed by atoms with E-state index in [1.54, 1.807) is 0 Å². The summed E-state index contributed by atoms with van der Waals surface area (Å²) >= 11 is 0. The number of nitrogens with zero attached hydrogens (tertiary/aromatic N) is 1. The zero-order valence-electron chi connectivity index (χ0n) is 17.0. The number of alkyl halides is 6. The summed E-state index contributed by atoms with van der Waals surface area (Å²) in [6.07, 6.45) is -8.38. The van der Waals surface area contributed by atoms with Gasteiger partial charge in [-0.1, -0.05) is 54.6 Å². The summed E-state index contributed by atoms with van der Waals surface area (Å²) in [5.74, 6) is 0. The molecular weight excluding hydrogens is 428 g/mol. The first-order chi connectivity index (χ1) is 15.1. The highest BCUT2D eigenvalue weighted by Gasteiger charge is 2.37. The minimum Gasteiger partial charge on any atom is -0.291 e. The molecule has 1 aliphatic rings. The molecule has 0 saturated carbocycles. The first kappa shape index (κ1) is 22.4. The third-order valence-electron chi connectivity index (χ3n) is 5.81. The van der Waals surface area contributed by atoms with Crippen molar-refractivity contribution in [1.82, 2.24) is 4.90 Å². The Morgan fingerprint density at radius 2 is 1.25 bits per heavy atom. The van der Waals surface area contributed by atoms with E-state index < -0.39 is 23.5 Å². The molecule has 3 aromatic rings. The minimum atomic E-state index is -4.85. The summed E-state index contributed by atoms with van der Waals surface area (Å²) in [6.45, 7) is 0.462. The molecule has 7 heteroatoms. The van der Waals surface area contributed by atoms with Crippen LogP contribution in [0.25, 0.3) is 0 Å². The van der Waals surface area contributed by atoms with Crippen molar-refractivity contribution in [3.63, 3.8) is 0 Å². The molecule has 32 heavy (non-hydrogen) atoms. The Labute approximate surface area is 182 Å². The Hall–Kier alpha value is -2.80. The third kappa shape index (κ3) is 5.15. The predicted octanol–water partition coefficient (Wildman–Crippen LogP) is 6.89. The van der Waals surface area contributed by atoms with E-state index in [9.17, 15) is 26.3 Å². The maximum atomic E-state index is 13.3. The van der Waals surface area contributed by atoms with Crippen molar-refractivity contribution in [1.29, 1.82) is 0 Å². The number of hydrogen-bond acceptors (Lipinski definition) is 1. The van der Waals surface area contributed by atoms with Gasteiger partial charge in [0.25, 0.3) is 0 Å². The third-order valence-corrected chi connectivity index (χ3v) is 5.81. The van der Waals surface area contributed by atoms with E-state index in [4.69, 9.17) is 0 Å². The molecule has 0 spiro atoms. The normalized spacial score (nSPS) is 17.2. The molecule has 1 unspecified atom stereocenters. The zero-order valence-corrected chi connectivity index (χ0v) is 17.0. The molecule has 0 aliphatic carbocycles. The predicted molar refractivity (Wildman–Crippen MR) is 110 cm³/mol. The fraction of sp³-hybridized carbons (Fsp3) is 0.280. The molecule has 4 rings (SSSR count). The van der Waals surface area contributed by atoms with Crippen LogP contribution in [0.5, 0.6) is 0 Å². The van der Waals surface area contributed by atoms with Crippen molar-refractivity contribution in [3.8, 4) is 0 Å². The molecule has 0 radical (unpaired) electrons. The molecule has 0 saturated heterocycles. The maximum Gasteiger partial charge on any atom is 0.416 e. The van der Waals surface area contributed by atoms with Gasteiger partial charge in [0.15, 0.2) is 0 Å². The van der Waals surface area contributed by atoms with E-state index in [2.05, 4.69) is 0 Å². The van der Waals surface area contributed by atoms with Crippen molar-refractivity contribution >= 4 is 0 Å². The lowest BCUT2D eigenvalue weighted by atomic mass is 9.89. The van der Waals surface area contributed by atoms with Gasteiger partial charge in [-0.05, 0) is 53.3 Å². The molecular formula is C25H21F6N. The molecule has 0 N–H and O–H groups in total. The Kier molecular flexibility index (Phi) is 6.03. The second-order valence-corrected chi connectivity index (χ2v) is 8.14. The van der Waals surface area contributed by atoms with Crippen LogP contribution in [0.4, 0.5) is 26.3 Å². The van der Waals surface area contributed by atoms with Crippen LogP contribution in [-0.2, 0) is 38.3 Å². The summed E-state index contributed by atoms with van der Waals surface area (Å²) < 4.78 is 79.8. The van der Waals surface area contributed by atoms with Crippen LogP contribution >= 0.6 is 0 Å². The summed E-state index contributed by atoms with van der Waals surface area (Å²) in [6, 6.07) is 19.3. The largest absolute Gasteiger partial charge is 0.416 e.